The molecule has 0 saturated heterocycles. The summed E-state index contributed by atoms with van der Waals surface area (Å²) in [7, 11) is 3.85. The molecule has 0 aliphatic rings. The van der Waals surface area contributed by atoms with E-state index >= 15 is 0 Å². The zero-order valence-electron chi connectivity index (χ0n) is 17.2. The van der Waals surface area contributed by atoms with Gasteiger partial charge in [0, 0.05) is 43.6 Å². The van der Waals surface area contributed by atoms with Crippen molar-refractivity contribution >= 4 is 17.3 Å². The largest absolute Gasteiger partial charge is 0.494 e. The van der Waals surface area contributed by atoms with E-state index in [0.29, 0.717) is 23.7 Å². The summed E-state index contributed by atoms with van der Waals surface area (Å²) < 4.78 is 7.72. The van der Waals surface area contributed by atoms with Gasteiger partial charge in [-0.15, -0.1) is 0 Å². The lowest BCUT2D eigenvalue weighted by atomic mass is 10.2. The van der Waals surface area contributed by atoms with Crippen LogP contribution in [0.4, 0.5) is 11.4 Å². The quantitative estimate of drug-likeness (QED) is 0.605. The van der Waals surface area contributed by atoms with E-state index in [1.807, 2.05) is 38.1 Å². The summed E-state index contributed by atoms with van der Waals surface area (Å²) in [5.41, 5.74) is 0.649. The Morgan fingerprint density at radius 1 is 0.967 bits per heavy atom. The average Bonchev–Trinajstić information content (AvgIpc) is 2.73. The zero-order chi connectivity index (χ0) is 21.7. The Hall–Kier alpha value is -3.81. The monoisotopic (exact) mass is 408 g/mol. The van der Waals surface area contributed by atoms with Gasteiger partial charge in [0.2, 0.25) is 5.91 Å². The van der Waals surface area contributed by atoms with Crippen LogP contribution >= 0.6 is 0 Å². The number of nitrogens with zero attached hydrogens (tertiary/aromatic N) is 3. The highest BCUT2D eigenvalue weighted by molar-refractivity contribution is 5.90. The summed E-state index contributed by atoms with van der Waals surface area (Å²) in [5, 5.41) is 2.73. The van der Waals surface area contributed by atoms with Gasteiger partial charge in [0.25, 0.3) is 0 Å². The van der Waals surface area contributed by atoms with Crippen molar-refractivity contribution in [2.45, 2.75) is 13.5 Å². The maximum atomic E-state index is 12.5. The summed E-state index contributed by atoms with van der Waals surface area (Å²) in [5.74, 6) is 0.283. The van der Waals surface area contributed by atoms with Crippen molar-refractivity contribution < 1.29 is 9.53 Å². The standard InChI is InChI=1S/C22H24N4O4/c1-4-30-19-11-9-18(10-12-19)26-14-13-25(21(28)22(26)29)15-20(27)23-16-5-7-17(8-6-16)24(2)3/h5-14H,4,15H2,1-3H3,(H,23,27). The first-order valence-electron chi connectivity index (χ1n) is 9.51. The Kier molecular flexibility index (Phi) is 6.36. The molecule has 0 spiro atoms. The van der Waals surface area contributed by atoms with Gasteiger partial charge in [0.05, 0.1) is 6.61 Å². The summed E-state index contributed by atoms with van der Waals surface area (Å²) in [6, 6.07) is 14.2. The molecule has 0 radical (unpaired) electrons. The summed E-state index contributed by atoms with van der Waals surface area (Å²) in [4.78, 5) is 39.2. The summed E-state index contributed by atoms with van der Waals surface area (Å²) >= 11 is 0. The minimum atomic E-state index is -0.774. The van der Waals surface area contributed by atoms with Gasteiger partial charge < -0.3 is 15.0 Å². The van der Waals surface area contributed by atoms with Crippen LogP contribution in [0.5, 0.6) is 5.75 Å². The number of rotatable bonds is 7. The molecular formula is C22H24N4O4. The van der Waals surface area contributed by atoms with Crippen molar-refractivity contribution in [1.82, 2.24) is 9.13 Å². The second-order valence-corrected chi connectivity index (χ2v) is 6.82. The molecule has 0 fully saturated rings. The third kappa shape index (κ3) is 4.78. The van der Waals surface area contributed by atoms with Crippen LogP contribution in [0.1, 0.15) is 6.92 Å². The lowest BCUT2D eigenvalue weighted by molar-refractivity contribution is -0.116. The number of nitrogens with one attached hydrogen (secondary N) is 1. The van der Waals surface area contributed by atoms with Crippen LogP contribution in [0.25, 0.3) is 5.69 Å². The van der Waals surface area contributed by atoms with Crippen molar-refractivity contribution in [2.75, 3.05) is 30.9 Å². The van der Waals surface area contributed by atoms with Crippen LogP contribution in [0.3, 0.4) is 0 Å². The van der Waals surface area contributed by atoms with Gasteiger partial charge in [-0.3, -0.25) is 23.5 Å². The van der Waals surface area contributed by atoms with Crippen molar-refractivity contribution in [3.63, 3.8) is 0 Å². The molecule has 1 aromatic heterocycles. The van der Waals surface area contributed by atoms with E-state index in [-0.39, 0.29) is 6.54 Å². The first-order valence-corrected chi connectivity index (χ1v) is 9.51. The highest BCUT2D eigenvalue weighted by Crippen LogP contribution is 2.16. The molecule has 0 saturated carbocycles. The lowest BCUT2D eigenvalue weighted by Gasteiger charge is -2.13. The van der Waals surface area contributed by atoms with Crippen molar-refractivity contribution in [3.05, 3.63) is 81.6 Å². The number of carbonyl (C=O) groups excluding carboxylic acids is 1. The van der Waals surface area contributed by atoms with Gasteiger partial charge >= 0.3 is 11.1 Å². The number of ether oxygens (including phenoxy) is 1. The molecule has 2 aromatic carbocycles. The molecule has 1 N–H and O–H groups in total. The molecule has 0 atom stereocenters. The Bertz CT molecular complexity index is 1130. The van der Waals surface area contributed by atoms with Crippen LogP contribution in [0.2, 0.25) is 0 Å². The third-order valence-electron chi connectivity index (χ3n) is 4.47. The van der Waals surface area contributed by atoms with Crippen molar-refractivity contribution in [1.29, 1.82) is 0 Å². The molecule has 30 heavy (non-hydrogen) atoms. The molecule has 1 amide bonds. The normalized spacial score (nSPS) is 10.5. The topological polar surface area (TPSA) is 85.6 Å². The van der Waals surface area contributed by atoms with Gasteiger partial charge in [0.1, 0.15) is 12.3 Å². The van der Waals surface area contributed by atoms with E-state index in [1.54, 1.807) is 36.4 Å². The van der Waals surface area contributed by atoms with Gasteiger partial charge in [-0.05, 0) is 55.5 Å². The number of carbonyl (C=O) groups is 1. The first-order chi connectivity index (χ1) is 14.4. The highest BCUT2D eigenvalue weighted by atomic mass is 16.5. The fourth-order valence-corrected chi connectivity index (χ4v) is 2.90. The lowest BCUT2D eigenvalue weighted by Crippen LogP contribution is -2.41. The predicted octanol–water partition coefficient (Wildman–Crippen LogP) is 2.10. The minimum absolute atomic E-state index is 0.256. The Labute approximate surface area is 174 Å². The van der Waals surface area contributed by atoms with Crippen LogP contribution in [-0.4, -0.2) is 35.7 Å². The molecule has 8 heteroatoms. The highest BCUT2D eigenvalue weighted by Gasteiger charge is 2.10. The number of hydrogen-bond donors (Lipinski definition) is 1. The summed E-state index contributed by atoms with van der Waals surface area (Å²) in [6.45, 7) is 2.16. The van der Waals surface area contributed by atoms with E-state index in [0.717, 1.165) is 10.3 Å². The molecule has 1 heterocycles. The number of benzene rings is 2. The Morgan fingerprint density at radius 2 is 1.63 bits per heavy atom. The SMILES string of the molecule is CCOc1ccc(-n2ccn(CC(=O)Nc3ccc(N(C)C)cc3)c(=O)c2=O)cc1. The second kappa shape index (κ2) is 9.13. The van der Waals surface area contributed by atoms with E-state index in [9.17, 15) is 14.4 Å². The predicted molar refractivity (Wildman–Crippen MR) is 117 cm³/mol. The van der Waals surface area contributed by atoms with Crippen LogP contribution in [0, 0.1) is 0 Å². The maximum Gasteiger partial charge on any atom is 0.320 e. The molecule has 0 aliphatic heterocycles. The van der Waals surface area contributed by atoms with Gasteiger partial charge in [-0.1, -0.05) is 0 Å². The minimum Gasteiger partial charge on any atom is -0.494 e. The van der Waals surface area contributed by atoms with Gasteiger partial charge in [0.15, 0.2) is 0 Å². The third-order valence-corrected chi connectivity index (χ3v) is 4.47. The number of amides is 1. The molecule has 3 aromatic rings. The van der Waals surface area contributed by atoms with Crippen molar-refractivity contribution in [3.8, 4) is 11.4 Å². The fraction of sp³-hybridized carbons (Fsp3) is 0.227. The molecule has 3 rings (SSSR count). The number of hydrogen-bond acceptors (Lipinski definition) is 5. The van der Waals surface area contributed by atoms with Gasteiger partial charge in [-0.25, -0.2) is 0 Å². The van der Waals surface area contributed by atoms with Crippen LogP contribution < -0.4 is 26.1 Å². The van der Waals surface area contributed by atoms with Crippen LogP contribution in [0.15, 0.2) is 70.5 Å². The van der Waals surface area contributed by atoms with E-state index in [1.165, 1.54) is 17.0 Å². The number of anilines is 2. The summed E-state index contributed by atoms with van der Waals surface area (Å²) in [6.07, 6.45) is 2.90. The van der Waals surface area contributed by atoms with E-state index in [4.69, 9.17) is 4.74 Å². The number of aromatic nitrogens is 2. The van der Waals surface area contributed by atoms with E-state index in [2.05, 4.69) is 5.32 Å². The van der Waals surface area contributed by atoms with E-state index < -0.39 is 17.0 Å². The maximum absolute atomic E-state index is 12.5. The second-order valence-electron chi connectivity index (χ2n) is 6.82. The molecule has 0 unspecified atom stereocenters. The van der Waals surface area contributed by atoms with Crippen LogP contribution in [-0.2, 0) is 11.3 Å². The van der Waals surface area contributed by atoms with Crippen molar-refractivity contribution in [2.24, 2.45) is 0 Å². The zero-order valence-corrected chi connectivity index (χ0v) is 17.2. The molecular weight excluding hydrogens is 384 g/mol. The Balaban J connectivity index is 1.74. The average molecular weight is 408 g/mol. The molecule has 0 aliphatic carbocycles. The fourth-order valence-electron chi connectivity index (χ4n) is 2.90. The Morgan fingerprint density at radius 3 is 2.23 bits per heavy atom. The smallest absolute Gasteiger partial charge is 0.320 e. The molecule has 8 nitrogen and oxygen atoms in total. The first kappa shape index (κ1) is 20.9. The molecule has 0 bridgehead atoms. The molecule has 156 valence electrons. The van der Waals surface area contributed by atoms with Gasteiger partial charge in [-0.2, -0.15) is 0 Å².